The molecule has 154 valence electrons. The molecule has 30 heavy (non-hydrogen) atoms. The second-order valence-electron chi connectivity index (χ2n) is 7.29. The van der Waals surface area contributed by atoms with Crippen molar-refractivity contribution in [2.75, 3.05) is 12.0 Å². The van der Waals surface area contributed by atoms with E-state index in [9.17, 15) is 19.7 Å². The van der Waals surface area contributed by atoms with Gasteiger partial charge in [-0.15, -0.1) is 0 Å². The number of ether oxygens (including phenoxy) is 1. The first-order chi connectivity index (χ1) is 14.4. The van der Waals surface area contributed by atoms with E-state index in [4.69, 9.17) is 16.3 Å². The second kappa shape index (κ2) is 7.91. The second-order valence-corrected chi connectivity index (χ2v) is 7.72. The number of hydrogen-bond donors (Lipinski definition) is 0. The van der Waals surface area contributed by atoms with Gasteiger partial charge in [0, 0.05) is 41.1 Å². The van der Waals surface area contributed by atoms with Gasteiger partial charge in [0.05, 0.1) is 12.0 Å². The van der Waals surface area contributed by atoms with Crippen molar-refractivity contribution in [1.29, 1.82) is 0 Å². The molecule has 7 nitrogen and oxygen atoms in total. The highest BCUT2D eigenvalue weighted by Crippen LogP contribution is 2.45. The molecular weight excluding hydrogens is 408 g/mol. The molecule has 2 aromatic rings. The first kappa shape index (κ1) is 20.1. The van der Waals surface area contributed by atoms with Crippen LogP contribution in [0.25, 0.3) is 0 Å². The zero-order valence-corrected chi connectivity index (χ0v) is 17.0. The van der Waals surface area contributed by atoms with E-state index in [1.54, 1.807) is 19.2 Å². The van der Waals surface area contributed by atoms with E-state index in [-0.39, 0.29) is 40.4 Å². The Morgan fingerprint density at radius 2 is 1.87 bits per heavy atom. The van der Waals surface area contributed by atoms with Gasteiger partial charge in [0.15, 0.2) is 5.78 Å². The Kier molecular flexibility index (Phi) is 5.30. The topological polar surface area (TPSA) is 89.8 Å². The number of ketones is 1. The Morgan fingerprint density at radius 1 is 1.13 bits per heavy atom. The van der Waals surface area contributed by atoms with Crippen LogP contribution in [0.3, 0.4) is 0 Å². The largest absolute Gasteiger partial charge is 0.497 e. The fourth-order valence-corrected chi connectivity index (χ4v) is 4.39. The molecule has 1 aliphatic heterocycles. The van der Waals surface area contributed by atoms with Gasteiger partial charge in [-0.25, -0.2) is 0 Å². The van der Waals surface area contributed by atoms with E-state index in [0.717, 1.165) is 5.56 Å². The number of methoxy groups -OCH3 is 1. The van der Waals surface area contributed by atoms with Gasteiger partial charge in [-0.1, -0.05) is 23.7 Å². The Morgan fingerprint density at radius 3 is 2.53 bits per heavy atom. The minimum atomic E-state index is -0.542. The lowest BCUT2D eigenvalue weighted by atomic mass is 9.77. The summed E-state index contributed by atoms with van der Waals surface area (Å²) in [5, 5.41) is 11.9. The molecule has 1 atom stereocenters. The van der Waals surface area contributed by atoms with Crippen LogP contribution in [0.1, 0.15) is 37.2 Å². The van der Waals surface area contributed by atoms with E-state index in [0.29, 0.717) is 36.3 Å². The minimum Gasteiger partial charge on any atom is -0.497 e. The van der Waals surface area contributed by atoms with Crippen LogP contribution >= 0.6 is 11.6 Å². The van der Waals surface area contributed by atoms with E-state index in [1.807, 2.05) is 12.1 Å². The number of halogens is 1. The molecule has 1 aliphatic carbocycles. The van der Waals surface area contributed by atoms with Gasteiger partial charge < -0.3 is 4.74 Å². The monoisotopic (exact) mass is 426 g/mol. The average molecular weight is 427 g/mol. The van der Waals surface area contributed by atoms with Crippen molar-refractivity contribution in [3.63, 3.8) is 0 Å². The summed E-state index contributed by atoms with van der Waals surface area (Å²) in [5.41, 5.74) is 1.81. The zero-order chi connectivity index (χ0) is 21.4. The molecule has 0 fully saturated rings. The minimum absolute atomic E-state index is 0.0285. The molecule has 4 rings (SSSR count). The summed E-state index contributed by atoms with van der Waals surface area (Å²) < 4.78 is 5.20. The molecule has 1 amide bonds. The maximum Gasteiger partial charge on any atom is 0.293 e. The molecule has 1 heterocycles. The lowest BCUT2D eigenvalue weighted by molar-refractivity contribution is -0.384. The van der Waals surface area contributed by atoms with Gasteiger partial charge in [-0.3, -0.25) is 24.6 Å². The SMILES string of the molecule is COc1ccc(C2CC(=O)N(c3cc(Cl)ccc3[N+](=O)[O-])C3=C2C(=O)CCC3)cc1. The van der Waals surface area contributed by atoms with E-state index < -0.39 is 4.92 Å². The first-order valence-electron chi connectivity index (χ1n) is 9.57. The summed E-state index contributed by atoms with van der Waals surface area (Å²) in [6.45, 7) is 0. The number of carbonyl (C=O) groups excluding carboxylic acids is 2. The lowest BCUT2D eigenvalue weighted by Gasteiger charge is -2.38. The summed E-state index contributed by atoms with van der Waals surface area (Å²) in [5.74, 6) is -0.0316. The van der Waals surface area contributed by atoms with Crippen LogP contribution in [0.15, 0.2) is 53.7 Å². The molecule has 0 saturated heterocycles. The van der Waals surface area contributed by atoms with E-state index in [2.05, 4.69) is 0 Å². The normalized spacial score (nSPS) is 19.0. The number of carbonyl (C=O) groups is 2. The summed E-state index contributed by atoms with van der Waals surface area (Å²) in [4.78, 5) is 38.5. The highest BCUT2D eigenvalue weighted by molar-refractivity contribution is 6.31. The van der Waals surface area contributed by atoms with Crippen LogP contribution in [0.5, 0.6) is 5.75 Å². The fourth-order valence-electron chi connectivity index (χ4n) is 4.22. The Balaban J connectivity index is 1.88. The third kappa shape index (κ3) is 3.45. The number of anilines is 1. The average Bonchev–Trinajstić information content (AvgIpc) is 2.73. The summed E-state index contributed by atoms with van der Waals surface area (Å²) in [6, 6.07) is 11.4. The Labute approximate surface area is 178 Å². The molecule has 0 aromatic heterocycles. The predicted molar refractivity (Wildman–Crippen MR) is 112 cm³/mol. The van der Waals surface area contributed by atoms with Crippen molar-refractivity contribution >= 4 is 34.7 Å². The Bertz CT molecular complexity index is 1080. The van der Waals surface area contributed by atoms with Gasteiger partial charge in [0.1, 0.15) is 11.4 Å². The number of nitrogens with zero attached hydrogens (tertiary/aromatic N) is 2. The number of rotatable bonds is 4. The van der Waals surface area contributed by atoms with Crippen LogP contribution in [0.4, 0.5) is 11.4 Å². The highest BCUT2D eigenvalue weighted by Gasteiger charge is 2.41. The molecule has 1 unspecified atom stereocenters. The van der Waals surface area contributed by atoms with Crippen molar-refractivity contribution in [3.05, 3.63) is 74.4 Å². The highest BCUT2D eigenvalue weighted by atomic mass is 35.5. The fraction of sp³-hybridized carbons (Fsp3) is 0.273. The number of nitro groups is 1. The van der Waals surface area contributed by atoms with Crippen LogP contribution < -0.4 is 9.64 Å². The summed E-state index contributed by atoms with van der Waals surface area (Å²) >= 11 is 6.09. The first-order valence-corrected chi connectivity index (χ1v) is 9.95. The van der Waals surface area contributed by atoms with Crippen LogP contribution in [0, 0.1) is 10.1 Å². The smallest absolute Gasteiger partial charge is 0.293 e. The van der Waals surface area contributed by atoms with E-state index >= 15 is 0 Å². The maximum atomic E-state index is 13.2. The molecule has 0 bridgehead atoms. The molecule has 8 heteroatoms. The van der Waals surface area contributed by atoms with E-state index in [1.165, 1.54) is 23.1 Å². The van der Waals surface area contributed by atoms with Crippen molar-refractivity contribution in [1.82, 2.24) is 0 Å². The molecule has 0 spiro atoms. The number of allylic oxidation sites excluding steroid dienone is 2. The quantitative estimate of drug-likeness (QED) is 0.518. The van der Waals surface area contributed by atoms with Crippen molar-refractivity contribution < 1.29 is 19.2 Å². The number of amides is 1. The molecule has 2 aromatic carbocycles. The third-order valence-corrected chi connectivity index (χ3v) is 5.80. The number of hydrogen-bond acceptors (Lipinski definition) is 5. The maximum absolute atomic E-state index is 13.2. The summed E-state index contributed by atoms with van der Waals surface area (Å²) in [7, 11) is 1.57. The van der Waals surface area contributed by atoms with Crippen molar-refractivity contribution in [2.24, 2.45) is 0 Å². The number of benzene rings is 2. The van der Waals surface area contributed by atoms with Gasteiger partial charge >= 0.3 is 0 Å². The summed E-state index contributed by atoms with van der Waals surface area (Å²) in [6.07, 6.45) is 1.51. The van der Waals surface area contributed by atoms with Crippen LogP contribution in [0.2, 0.25) is 5.02 Å². The van der Waals surface area contributed by atoms with Crippen LogP contribution in [-0.4, -0.2) is 23.7 Å². The molecule has 0 radical (unpaired) electrons. The predicted octanol–water partition coefficient (Wildman–Crippen LogP) is 4.78. The molecule has 0 N–H and O–H groups in total. The molecule has 0 saturated carbocycles. The van der Waals surface area contributed by atoms with Gasteiger partial charge in [0.25, 0.3) is 5.69 Å². The van der Waals surface area contributed by atoms with Gasteiger partial charge in [-0.2, -0.15) is 0 Å². The number of Topliss-reactive ketones (excluding diaryl/α,β-unsaturated/α-hetero) is 1. The Hall–Kier alpha value is -3.19. The van der Waals surface area contributed by atoms with Gasteiger partial charge in [-0.05, 0) is 42.7 Å². The molecule has 2 aliphatic rings. The number of nitro benzene ring substituents is 1. The van der Waals surface area contributed by atoms with Crippen LogP contribution in [-0.2, 0) is 9.59 Å². The zero-order valence-electron chi connectivity index (χ0n) is 16.3. The third-order valence-electron chi connectivity index (χ3n) is 5.57. The van der Waals surface area contributed by atoms with Crippen molar-refractivity contribution in [2.45, 2.75) is 31.6 Å². The lowest BCUT2D eigenvalue weighted by Crippen LogP contribution is -2.40. The van der Waals surface area contributed by atoms with Crippen molar-refractivity contribution in [3.8, 4) is 5.75 Å². The standard InChI is InChI=1S/C22H19ClN2O5/c1-30-15-8-5-13(6-9-15)16-12-21(27)24(18-3-2-4-20(26)22(16)18)19-11-14(23)7-10-17(19)25(28)29/h5-11,16H,2-4,12H2,1H3. The van der Waals surface area contributed by atoms with Gasteiger partial charge in [0.2, 0.25) is 5.91 Å². The molecular formula is C22H19ClN2O5.